The van der Waals surface area contributed by atoms with E-state index in [1.807, 2.05) is 38.4 Å². The first-order valence-corrected chi connectivity index (χ1v) is 7.78. The molecular formula is C17H23N3O3. The van der Waals surface area contributed by atoms with Crippen LogP contribution in [0.4, 0.5) is 0 Å². The molecule has 1 aliphatic rings. The van der Waals surface area contributed by atoms with E-state index in [4.69, 9.17) is 0 Å². The number of carbonyl (C=O) groups excluding carboxylic acids is 3. The summed E-state index contributed by atoms with van der Waals surface area (Å²) in [6.45, 7) is 1.50. The number of benzene rings is 1. The number of amides is 3. The Bertz CT molecular complexity index is 565. The second-order valence-corrected chi connectivity index (χ2v) is 6.02. The Morgan fingerprint density at radius 3 is 2.22 bits per heavy atom. The Morgan fingerprint density at radius 2 is 1.65 bits per heavy atom. The summed E-state index contributed by atoms with van der Waals surface area (Å²) in [6.07, 6.45) is 0.676. The number of nitrogens with zero attached hydrogens (tertiary/aromatic N) is 2. The van der Waals surface area contributed by atoms with Crippen LogP contribution in [0.2, 0.25) is 0 Å². The molecule has 0 radical (unpaired) electrons. The van der Waals surface area contributed by atoms with Crippen LogP contribution in [0.25, 0.3) is 0 Å². The molecule has 0 atom stereocenters. The van der Waals surface area contributed by atoms with Gasteiger partial charge in [-0.15, -0.1) is 0 Å². The number of imide groups is 1. The molecule has 6 heteroatoms. The Morgan fingerprint density at radius 1 is 1.09 bits per heavy atom. The Labute approximate surface area is 136 Å². The first-order valence-electron chi connectivity index (χ1n) is 7.78. The van der Waals surface area contributed by atoms with Gasteiger partial charge in [0.1, 0.15) is 0 Å². The first kappa shape index (κ1) is 17.1. The summed E-state index contributed by atoms with van der Waals surface area (Å²) in [5.41, 5.74) is 2.24. The van der Waals surface area contributed by atoms with Gasteiger partial charge in [0.2, 0.25) is 17.7 Å². The van der Waals surface area contributed by atoms with Gasteiger partial charge < -0.3 is 10.2 Å². The van der Waals surface area contributed by atoms with E-state index in [1.54, 1.807) is 0 Å². The van der Waals surface area contributed by atoms with Crippen LogP contribution in [-0.2, 0) is 27.5 Å². The second kappa shape index (κ2) is 7.87. The molecule has 0 aromatic heterocycles. The number of nitrogens with one attached hydrogen (secondary N) is 1. The Kier molecular flexibility index (Phi) is 5.87. The first-order chi connectivity index (χ1) is 11.0. The maximum Gasteiger partial charge on any atom is 0.229 e. The standard InChI is InChI=1S/C17H23N3O3/c1-19(2)12-14-5-3-13(4-6-14)11-18-15(21)9-10-20-16(22)7-8-17(20)23/h3-6H,7-12H2,1-2H3,(H,18,21). The Balaban J connectivity index is 1.73. The molecule has 124 valence electrons. The van der Waals surface area contributed by atoms with Crippen molar-refractivity contribution >= 4 is 17.7 Å². The topological polar surface area (TPSA) is 69.7 Å². The number of carbonyl (C=O) groups is 3. The lowest BCUT2D eigenvalue weighted by Crippen LogP contribution is -2.34. The van der Waals surface area contributed by atoms with Crippen LogP contribution in [0.5, 0.6) is 0 Å². The maximum atomic E-state index is 11.8. The van der Waals surface area contributed by atoms with Crippen molar-refractivity contribution in [1.29, 1.82) is 0 Å². The van der Waals surface area contributed by atoms with Gasteiger partial charge in [-0.3, -0.25) is 19.3 Å². The lowest BCUT2D eigenvalue weighted by molar-refractivity contribution is -0.138. The molecule has 0 aliphatic carbocycles. The minimum atomic E-state index is -0.181. The molecule has 1 aromatic carbocycles. The van der Waals surface area contributed by atoms with Crippen LogP contribution in [0, 0.1) is 0 Å². The number of hydrogen-bond donors (Lipinski definition) is 1. The average molecular weight is 317 g/mol. The highest BCUT2D eigenvalue weighted by Crippen LogP contribution is 2.11. The average Bonchev–Trinajstić information content (AvgIpc) is 2.83. The fraction of sp³-hybridized carbons (Fsp3) is 0.471. The van der Waals surface area contributed by atoms with Crippen LogP contribution < -0.4 is 5.32 Å². The lowest BCUT2D eigenvalue weighted by Gasteiger charge is -2.13. The summed E-state index contributed by atoms with van der Waals surface area (Å²) in [5, 5.41) is 2.81. The minimum absolute atomic E-state index is 0.149. The molecule has 1 aliphatic heterocycles. The summed E-state index contributed by atoms with van der Waals surface area (Å²) in [5.74, 6) is -0.520. The van der Waals surface area contributed by atoms with Gasteiger partial charge in [0, 0.05) is 38.9 Å². The van der Waals surface area contributed by atoms with Gasteiger partial charge in [0.15, 0.2) is 0 Å². The van der Waals surface area contributed by atoms with E-state index >= 15 is 0 Å². The normalized spacial score (nSPS) is 14.7. The van der Waals surface area contributed by atoms with E-state index in [0.717, 1.165) is 12.1 Å². The summed E-state index contributed by atoms with van der Waals surface area (Å²) >= 11 is 0. The van der Waals surface area contributed by atoms with Crippen LogP contribution in [0.3, 0.4) is 0 Å². The van der Waals surface area contributed by atoms with Crippen molar-refractivity contribution in [2.75, 3.05) is 20.6 Å². The summed E-state index contributed by atoms with van der Waals surface area (Å²) in [6, 6.07) is 8.07. The molecule has 0 spiro atoms. The molecule has 6 nitrogen and oxygen atoms in total. The van der Waals surface area contributed by atoms with Crippen molar-refractivity contribution in [2.45, 2.75) is 32.4 Å². The van der Waals surface area contributed by atoms with Crippen molar-refractivity contribution in [1.82, 2.24) is 15.1 Å². The molecular weight excluding hydrogens is 294 g/mol. The molecule has 0 bridgehead atoms. The summed E-state index contributed by atoms with van der Waals surface area (Å²) in [7, 11) is 4.04. The Hall–Kier alpha value is -2.21. The fourth-order valence-electron chi connectivity index (χ4n) is 2.50. The van der Waals surface area contributed by atoms with E-state index < -0.39 is 0 Å². The van der Waals surface area contributed by atoms with Gasteiger partial charge in [-0.2, -0.15) is 0 Å². The molecule has 1 heterocycles. The van der Waals surface area contributed by atoms with Crippen molar-refractivity contribution in [3.05, 3.63) is 35.4 Å². The highest BCUT2D eigenvalue weighted by Gasteiger charge is 2.28. The molecule has 0 unspecified atom stereocenters. The van der Waals surface area contributed by atoms with Gasteiger partial charge >= 0.3 is 0 Å². The minimum Gasteiger partial charge on any atom is -0.352 e. The quantitative estimate of drug-likeness (QED) is 0.759. The van der Waals surface area contributed by atoms with E-state index in [0.29, 0.717) is 6.54 Å². The van der Waals surface area contributed by atoms with Crippen molar-refractivity contribution < 1.29 is 14.4 Å². The largest absolute Gasteiger partial charge is 0.352 e. The zero-order chi connectivity index (χ0) is 16.8. The van der Waals surface area contributed by atoms with Crippen molar-refractivity contribution in [3.8, 4) is 0 Å². The molecule has 3 amide bonds. The smallest absolute Gasteiger partial charge is 0.229 e. The van der Waals surface area contributed by atoms with E-state index in [9.17, 15) is 14.4 Å². The molecule has 1 fully saturated rings. The van der Waals surface area contributed by atoms with Gasteiger partial charge in [-0.25, -0.2) is 0 Å². The second-order valence-electron chi connectivity index (χ2n) is 6.02. The predicted molar refractivity (Wildman–Crippen MR) is 86.3 cm³/mol. The van der Waals surface area contributed by atoms with E-state index in [2.05, 4.69) is 10.2 Å². The van der Waals surface area contributed by atoms with Crippen molar-refractivity contribution in [2.24, 2.45) is 0 Å². The van der Waals surface area contributed by atoms with Gasteiger partial charge in [-0.1, -0.05) is 24.3 Å². The third-order valence-electron chi connectivity index (χ3n) is 3.73. The highest BCUT2D eigenvalue weighted by atomic mass is 16.2. The molecule has 1 N–H and O–H groups in total. The zero-order valence-corrected chi connectivity index (χ0v) is 13.7. The molecule has 1 saturated heterocycles. The van der Waals surface area contributed by atoms with Crippen LogP contribution >= 0.6 is 0 Å². The van der Waals surface area contributed by atoms with Gasteiger partial charge in [-0.05, 0) is 25.2 Å². The predicted octanol–water partition coefficient (Wildman–Crippen LogP) is 0.904. The third kappa shape index (κ3) is 5.17. The van der Waals surface area contributed by atoms with E-state index in [-0.39, 0.29) is 43.5 Å². The van der Waals surface area contributed by atoms with Crippen molar-refractivity contribution in [3.63, 3.8) is 0 Å². The van der Waals surface area contributed by atoms with Gasteiger partial charge in [0.05, 0.1) is 0 Å². The van der Waals surface area contributed by atoms with E-state index in [1.165, 1.54) is 10.5 Å². The monoisotopic (exact) mass is 317 g/mol. The molecule has 23 heavy (non-hydrogen) atoms. The summed E-state index contributed by atoms with van der Waals surface area (Å²) < 4.78 is 0. The van der Waals surface area contributed by atoms with Crippen LogP contribution in [0.15, 0.2) is 24.3 Å². The third-order valence-corrected chi connectivity index (χ3v) is 3.73. The summed E-state index contributed by atoms with van der Waals surface area (Å²) in [4.78, 5) is 38.0. The fourth-order valence-corrected chi connectivity index (χ4v) is 2.50. The molecule has 1 aromatic rings. The maximum absolute atomic E-state index is 11.8. The number of likely N-dealkylation sites (tertiary alicyclic amines) is 1. The highest BCUT2D eigenvalue weighted by molar-refractivity contribution is 6.02. The van der Waals surface area contributed by atoms with Gasteiger partial charge in [0.25, 0.3) is 0 Å². The lowest BCUT2D eigenvalue weighted by atomic mass is 10.1. The van der Waals surface area contributed by atoms with Crippen LogP contribution in [-0.4, -0.2) is 48.2 Å². The zero-order valence-electron chi connectivity index (χ0n) is 13.7. The molecule has 2 rings (SSSR count). The SMILES string of the molecule is CN(C)Cc1ccc(CNC(=O)CCN2C(=O)CCC2=O)cc1. The van der Waals surface area contributed by atoms with Crippen LogP contribution in [0.1, 0.15) is 30.4 Å². The number of hydrogen-bond acceptors (Lipinski definition) is 4. The molecule has 0 saturated carbocycles. The number of rotatable bonds is 7.